The summed E-state index contributed by atoms with van der Waals surface area (Å²) in [6.45, 7) is 4.02. The Labute approximate surface area is 113 Å². The van der Waals surface area contributed by atoms with Crippen LogP contribution in [0.15, 0.2) is 41.0 Å². The van der Waals surface area contributed by atoms with Crippen LogP contribution < -0.4 is 10.1 Å². The largest absolute Gasteiger partial charge is 0.507 e. The van der Waals surface area contributed by atoms with E-state index in [9.17, 15) is 5.11 Å². The van der Waals surface area contributed by atoms with Crippen LogP contribution in [0.2, 0.25) is 0 Å². The molecule has 0 aliphatic rings. The van der Waals surface area contributed by atoms with E-state index >= 15 is 0 Å². The molecular formula is C15H19NO3. The fraction of sp³-hybridized carbons (Fsp3) is 0.333. The van der Waals surface area contributed by atoms with Crippen LogP contribution in [0.1, 0.15) is 37.3 Å². The van der Waals surface area contributed by atoms with E-state index in [1.165, 1.54) is 0 Å². The molecule has 0 fully saturated rings. The highest BCUT2D eigenvalue weighted by Crippen LogP contribution is 2.29. The Morgan fingerprint density at radius 1 is 1.21 bits per heavy atom. The lowest BCUT2D eigenvalue weighted by Gasteiger charge is -2.20. The summed E-state index contributed by atoms with van der Waals surface area (Å²) in [7, 11) is 1.58. The molecule has 2 aromatic rings. The number of aromatic hydroxyl groups is 1. The van der Waals surface area contributed by atoms with Crippen LogP contribution in [0.25, 0.3) is 0 Å². The maximum atomic E-state index is 9.99. The minimum absolute atomic E-state index is 0.00556. The molecule has 2 atom stereocenters. The van der Waals surface area contributed by atoms with Crippen LogP contribution in [0.5, 0.6) is 11.5 Å². The third-order valence-corrected chi connectivity index (χ3v) is 3.17. The molecule has 1 heterocycles. The Morgan fingerprint density at radius 2 is 2.00 bits per heavy atom. The predicted molar refractivity (Wildman–Crippen MR) is 73.3 cm³/mol. The minimum atomic E-state index is 0.00556. The molecule has 102 valence electrons. The third kappa shape index (κ3) is 3.09. The van der Waals surface area contributed by atoms with Gasteiger partial charge in [-0.25, -0.2) is 0 Å². The van der Waals surface area contributed by atoms with Crippen molar-refractivity contribution in [3.63, 3.8) is 0 Å². The second-order valence-corrected chi connectivity index (χ2v) is 4.55. The van der Waals surface area contributed by atoms with Gasteiger partial charge in [0.2, 0.25) is 0 Å². The molecule has 0 aliphatic carbocycles. The predicted octanol–water partition coefficient (Wildman–Crippen LogP) is 3.41. The number of nitrogens with one attached hydrogen (secondary N) is 1. The molecule has 0 saturated carbocycles. The Morgan fingerprint density at radius 3 is 2.58 bits per heavy atom. The fourth-order valence-corrected chi connectivity index (χ4v) is 2.10. The zero-order chi connectivity index (χ0) is 13.8. The molecule has 0 radical (unpaired) electrons. The van der Waals surface area contributed by atoms with Crippen LogP contribution in [0.4, 0.5) is 0 Å². The molecule has 19 heavy (non-hydrogen) atoms. The smallest absolute Gasteiger partial charge is 0.124 e. The van der Waals surface area contributed by atoms with E-state index in [-0.39, 0.29) is 17.8 Å². The van der Waals surface area contributed by atoms with Gasteiger partial charge in [-0.15, -0.1) is 0 Å². The summed E-state index contributed by atoms with van der Waals surface area (Å²) in [4.78, 5) is 0. The monoisotopic (exact) mass is 261 g/mol. The molecule has 0 amide bonds. The Kier molecular flexibility index (Phi) is 4.12. The van der Waals surface area contributed by atoms with Gasteiger partial charge in [-0.1, -0.05) is 6.07 Å². The van der Waals surface area contributed by atoms with Gasteiger partial charge < -0.3 is 19.6 Å². The van der Waals surface area contributed by atoms with Crippen LogP contribution in [-0.4, -0.2) is 12.2 Å². The van der Waals surface area contributed by atoms with Crippen molar-refractivity contribution in [1.82, 2.24) is 5.32 Å². The normalized spacial score (nSPS) is 14.1. The average Bonchev–Trinajstić information content (AvgIpc) is 2.92. The number of rotatable bonds is 5. The molecule has 0 spiro atoms. The molecule has 1 unspecified atom stereocenters. The lowest BCUT2D eigenvalue weighted by atomic mass is 10.1. The molecule has 0 aliphatic heterocycles. The van der Waals surface area contributed by atoms with Crippen molar-refractivity contribution >= 4 is 0 Å². The van der Waals surface area contributed by atoms with Gasteiger partial charge in [0, 0.05) is 17.7 Å². The maximum Gasteiger partial charge on any atom is 0.124 e. The number of furan rings is 1. The molecular weight excluding hydrogens is 242 g/mol. The van der Waals surface area contributed by atoms with Crippen molar-refractivity contribution < 1.29 is 14.3 Å². The first kappa shape index (κ1) is 13.5. The van der Waals surface area contributed by atoms with Crippen LogP contribution in [0.3, 0.4) is 0 Å². The molecule has 4 heteroatoms. The number of phenolic OH excluding ortho intramolecular Hbond substituents is 1. The van der Waals surface area contributed by atoms with Crippen LogP contribution in [-0.2, 0) is 0 Å². The SMILES string of the molecule is COc1ccc(C(C)N[C@H](C)c2ccco2)c(O)c1. The summed E-state index contributed by atoms with van der Waals surface area (Å²) < 4.78 is 10.4. The van der Waals surface area contributed by atoms with Crippen molar-refractivity contribution in [2.75, 3.05) is 7.11 Å². The molecule has 2 rings (SSSR count). The number of hydrogen-bond donors (Lipinski definition) is 2. The highest BCUT2D eigenvalue weighted by atomic mass is 16.5. The summed E-state index contributed by atoms with van der Waals surface area (Å²) in [5, 5.41) is 13.4. The number of methoxy groups -OCH3 is 1. The van der Waals surface area contributed by atoms with E-state index in [1.54, 1.807) is 19.4 Å². The Balaban J connectivity index is 2.09. The molecule has 2 N–H and O–H groups in total. The van der Waals surface area contributed by atoms with Crippen LogP contribution in [0, 0.1) is 0 Å². The fourth-order valence-electron chi connectivity index (χ4n) is 2.10. The second kappa shape index (κ2) is 5.80. The van der Waals surface area contributed by atoms with Gasteiger partial charge in [-0.2, -0.15) is 0 Å². The summed E-state index contributed by atoms with van der Waals surface area (Å²) in [5.41, 5.74) is 0.833. The number of phenols is 1. The zero-order valence-corrected chi connectivity index (χ0v) is 11.4. The van der Waals surface area contributed by atoms with E-state index in [4.69, 9.17) is 9.15 Å². The van der Waals surface area contributed by atoms with Gasteiger partial charge in [0.25, 0.3) is 0 Å². The van der Waals surface area contributed by atoms with Crippen molar-refractivity contribution in [3.05, 3.63) is 47.9 Å². The number of benzene rings is 1. The minimum Gasteiger partial charge on any atom is -0.507 e. The van der Waals surface area contributed by atoms with E-state index in [1.807, 2.05) is 38.1 Å². The summed E-state index contributed by atoms with van der Waals surface area (Å²) >= 11 is 0. The van der Waals surface area contributed by atoms with Gasteiger partial charge >= 0.3 is 0 Å². The Bertz CT molecular complexity index is 522. The van der Waals surface area contributed by atoms with E-state index in [2.05, 4.69) is 5.32 Å². The lowest BCUT2D eigenvalue weighted by molar-refractivity contribution is 0.387. The van der Waals surface area contributed by atoms with Gasteiger partial charge in [0.05, 0.1) is 19.4 Å². The standard InChI is InChI=1S/C15H19NO3/c1-10(16-11(2)15-5-4-8-19-15)13-7-6-12(18-3)9-14(13)17/h4-11,16-17H,1-3H3/t10?,11-/m1/s1. The average molecular weight is 261 g/mol. The number of hydrogen-bond acceptors (Lipinski definition) is 4. The van der Waals surface area contributed by atoms with Crippen molar-refractivity contribution in [1.29, 1.82) is 0 Å². The van der Waals surface area contributed by atoms with Crippen LogP contribution >= 0.6 is 0 Å². The number of ether oxygens (including phenoxy) is 1. The molecule has 1 aromatic carbocycles. The molecule has 0 bridgehead atoms. The van der Waals surface area contributed by atoms with Crippen molar-refractivity contribution in [2.45, 2.75) is 25.9 Å². The summed E-state index contributed by atoms with van der Waals surface area (Å²) in [6.07, 6.45) is 1.66. The van der Waals surface area contributed by atoms with Gasteiger partial charge in [0.15, 0.2) is 0 Å². The van der Waals surface area contributed by atoms with Gasteiger partial charge in [-0.3, -0.25) is 0 Å². The van der Waals surface area contributed by atoms with E-state index < -0.39 is 0 Å². The highest BCUT2D eigenvalue weighted by Gasteiger charge is 2.16. The topological polar surface area (TPSA) is 54.6 Å². The van der Waals surface area contributed by atoms with Gasteiger partial charge in [-0.05, 0) is 32.0 Å². The van der Waals surface area contributed by atoms with Crippen molar-refractivity contribution in [2.24, 2.45) is 0 Å². The first-order valence-electron chi connectivity index (χ1n) is 6.28. The summed E-state index contributed by atoms with van der Waals surface area (Å²) in [6, 6.07) is 9.19. The Hall–Kier alpha value is -1.94. The molecule has 0 saturated heterocycles. The van der Waals surface area contributed by atoms with Gasteiger partial charge in [0.1, 0.15) is 17.3 Å². The molecule has 4 nitrogen and oxygen atoms in total. The highest BCUT2D eigenvalue weighted by molar-refractivity contribution is 5.41. The first-order valence-corrected chi connectivity index (χ1v) is 6.28. The molecule has 1 aromatic heterocycles. The maximum absolute atomic E-state index is 9.99. The first-order chi connectivity index (χ1) is 9.11. The van der Waals surface area contributed by atoms with E-state index in [0.717, 1.165) is 11.3 Å². The third-order valence-electron chi connectivity index (χ3n) is 3.17. The summed E-state index contributed by atoms with van der Waals surface area (Å²) in [5.74, 6) is 1.75. The second-order valence-electron chi connectivity index (χ2n) is 4.55. The quantitative estimate of drug-likeness (QED) is 0.866. The van der Waals surface area contributed by atoms with Crippen molar-refractivity contribution in [3.8, 4) is 11.5 Å². The van der Waals surface area contributed by atoms with E-state index in [0.29, 0.717) is 5.75 Å². The lowest BCUT2D eigenvalue weighted by Crippen LogP contribution is -2.22. The zero-order valence-electron chi connectivity index (χ0n) is 11.4.